The van der Waals surface area contributed by atoms with E-state index >= 15 is 0 Å². The highest BCUT2D eigenvalue weighted by atomic mass is 16.7. The normalized spacial score (nSPS) is 15.4. The molecular formula is C15H19NO4. The maximum absolute atomic E-state index is 12.1. The molecule has 0 saturated heterocycles. The van der Waals surface area contributed by atoms with Gasteiger partial charge in [0.1, 0.15) is 0 Å². The molecule has 1 fully saturated rings. The van der Waals surface area contributed by atoms with E-state index in [1.807, 2.05) is 6.07 Å². The van der Waals surface area contributed by atoms with Crippen molar-refractivity contribution in [2.75, 3.05) is 12.2 Å². The second-order valence-electron chi connectivity index (χ2n) is 4.85. The van der Waals surface area contributed by atoms with Gasteiger partial charge in [0.15, 0.2) is 0 Å². The number of hydroxylamine groups is 1. The highest BCUT2D eigenvalue weighted by molar-refractivity contribution is 5.88. The summed E-state index contributed by atoms with van der Waals surface area (Å²) in [5.41, 5.74) is 0.475. The Balaban J connectivity index is 2.08. The van der Waals surface area contributed by atoms with E-state index in [0.717, 1.165) is 37.2 Å². The van der Waals surface area contributed by atoms with Crippen LogP contribution in [-0.4, -0.2) is 19.2 Å². The molecule has 108 valence electrons. The summed E-state index contributed by atoms with van der Waals surface area (Å²) in [6, 6.07) is 8.72. The number of carbonyl (C=O) groups excluding carboxylic acids is 2. The second-order valence-corrected chi connectivity index (χ2v) is 4.85. The van der Waals surface area contributed by atoms with Crippen molar-refractivity contribution in [1.82, 2.24) is 0 Å². The van der Waals surface area contributed by atoms with Crippen LogP contribution in [0.2, 0.25) is 0 Å². The number of methoxy groups -OCH3 is 1. The van der Waals surface area contributed by atoms with Crippen molar-refractivity contribution in [1.29, 1.82) is 0 Å². The van der Waals surface area contributed by atoms with Crippen LogP contribution in [0.3, 0.4) is 0 Å². The molecular weight excluding hydrogens is 258 g/mol. The zero-order valence-electron chi connectivity index (χ0n) is 11.6. The molecule has 0 aromatic heterocycles. The summed E-state index contributed by atoms with van der Waals surface area (Å²) in [4.78, 5) is 29.1. The van der Waals surface area contributed by atoms with Gasteiger partial charge >= 0.3 is 12.1 Å². The van der Waals surface area contributed by atoms with Gasteiger partial charge < -0.3 is 9.57 Å². The molecule has 0 unspecified atom stereocenters. The van der Waals surface area contributed by atoms with E-state index in [9.17, 15) is 9.59 Å². The van der Waals surface area contributed by atoms with Crippen LogP contribution in [-0.2, 0) is 14.4 Å². The maximum atomic E-state index is 12.1. The van der Waals surface area contributed by atoms with Gasteiger partial charge in [-0.1, -0.05) is 37.5 Å². The molecule has 1 saturated carbocycles. The van der Waals surface area contributed by atoms with E-state index in [-0.39, 0.29) is 11.9 Å². The first-order valence-corrected chi connectivity index (χ1v) is 6.87. The van der Waals surface area contributed by atoms with Crippen LogP contribution in [0.4, 0.5) is 10.5 Å². The molecule has 5 nitrogen and oxygen atoms in total. The molecule has 1 aliphatic rings. The van der Waals surface area contributed by atoms with Crippen LogP contribution in [0.25, 0.3) is 0 Å². The number of hydrogen-bond donors (Lipinski definition) is 0. The first-order valence-electron chi connectivity index (χ1n) is 6.87. The van der Waals surface area contributed by atoms with Gasteiger partial charge in [0.2, 0.25) is 0 Å². The van der Waals surface area contributed by atoms with Gasteiger partial charge in [0.25, 0.3) is 0 Å². The van der Waals surface area contributed by atoms with Gasteiger partial charge in [0, 0.05) is 0 Å². The average molecular weight is 277 g/mol. The van der Waals surface area contributed by atoms with Crippen molar-refractivity contribution in [3.05, 3.63) is 30.3 Å². The number of amides is 1. The van der Waals surface area contributed by atoms with Crippen molar-refractivity contribution in [2.24, 2.45) is 5.92 Å². The molecule has 0 aliphatic heterocycles. The third-order valence-corrected chi connectivity index (χ3v) is 3.45. The third kappa shape index (κ3) is 3.50. The van der Waals surface area contributed by atoms with Crippen LogP contribution in [0.15, 0.2) is 30.3 Å². The molecule has 2 rings (SSSR count). The molecule has 0 atom stereocenters. The van der Waals surface area contributed by atoms with Crippen molar-refractivity contribution in [3.63, 3.8) is 0 Å². The Kier molecular flexibility index (Phi) is 4.98. The fourth-order valence-corrected chi connectivity index (χ4v) is 2.34. The zero-order chi connectivity index (χ0) is 14.4. The van der Waals surface area contributed by atoms with Crippen LogP contribution < -0.4 is 5.06 Å². The van der Waals surface area contributed by atoms with Crippen molar-refractivity contribution in [3.8, 4) is 0 Å². The third-order valence-electron chi connectivity index (χ3n) is 3.45. The number of ether oxygens (including phenoxy) is 1. The number of carbonyl (C=O) groups is 2. The summed E-state index contributed by atoms with van der Waals surface area (Å²) in [5.74, 6) is -0.487. The minimum Gasteiger partial charge on any atom is -0.450 e. The van der Waals surface area contributed by atoms with Gasteiger partial charge in [-0.3, -0.25) is 0 Å². The highest BCUT2D eigenvalue weighted by Crippen LogP contribution is 2.26. The zero-order valence-corrected chi connectivity index (χ0v) is 11.6. The van der Waals surface area contributed by atoms with Gasteiger partial charge in [-0.25, -0.2) is 9.59 Å². The predicted octanol–water partition coefficient (Wildman–Crippen LogP) is 3.30. The lowest BCUT2D eigenvalue weighted by Gasteiger charge is -2.24. The smallest absolute Gasteiger partial charge is 0.447 e. The number of benzene rings is 1. The standard InChI is InChI=1S/C15H19NO4/c1-19-15(18)16(13-10-6-3-7-11-13)20-14(17)12-8-4-2-5-9-12/h3,6-7,10-12H,2,4-5,8-9H2,1H3. The van der Waals surface area contributed by atoms with Gasteiger partial charge in [-0.15, -0.1) is 5.06 Å². The Bertz CT molecular complexity index is 454. The molecule has 0 bridgehead atoms. The molecule has 1 aliphatic carbocycles. The molecule has 1 aromatic carbocycles. The van der Waals surface area contributed by atoms with Crippen molar-refractivity contribution in [2.45, 2.75) is 32.1 Å². The first kappa shape index (κ1) is 14.4. The number of hydrogen-bond acceptors (Lipinski definition) is 4. The van der Waals surface area contributed by atoms with Gasteiger partial charge in [-0.2, -0.15) is 0 Å². The Hall–Kier alpha value is -2.04. The molecule has 0 radical (unpaired) electrons. The Morgan fingerprint density at radius 2 is 1.75 bits per heavy atom. The number of nitrogens with zero attached hydrogens (tertiary/aromatic N) is 1. The number of para-hydroxylation sites is 1. The van der Waals surface area contributed by atoms with Crippen molar-refractivity contribution < 1.29 is 19.2 Å². The van der Waals surface area contributed by atoms with E-state index in [1.54, 1.807) is 24.3 Å². The number of anilines is 1. The van der Waals surface area contributed by atoms with Crippen LogP contribution in [0.5, 0.6) is 0 Å². The lowest BCUT2D eigenvalue weighted by molar-refractivity contribution is -0.150. The van der Waals surface area contributed by atoms with E-state index in [2.05, 4.69) is 4.74 Å². The van der Waals surface area contributed by atoms with Crippen LogP contribution in [0.1, 0.15) is 32.1 Å². The number of rotatable bonds is 2. The van der Waals surface area contributed by atoms with E-state index in [1.165, 1.54) is 7.11 Å². The fourth-order valence-electron chi connectivity index (χ4n) is 2.34. The molecule has 0 spiro atoms. The summed E-state index contributed by atoms with van der Waals surface area (Å²) >= 11 is 0. The van der Waals surface area contributed by atoms with E-state index in [4.69, 9.17) is 4.84 Å². The molecule has 0 heterocycles. The van der Waals surface area contributed by atoms with Crippen LogP contribution in [0, 0.1) is 5.92 Å². The quantitative estimate of drug-likeness (QED) is 0.778. The summed E-state index contributed by atoms with van der Waals surface area (Å²) in [5, 5.41) is 0.914. The maximum Gasteiger partial charge on any atom is 0.447 e. The Morgan fingerprint density at radius 1 is 1.10 bits per heavy atom. The topological polar surface area (TPSA) is 55.8 Å². The monoisotopic (exact) mass is 277 g/mol. The second kappa shape index (κ2) is 6.93. The molecule has 1 aromatic rings. The van der Waals surface area contributed by atoms with Crippen LogP contribution >= 0.6 is 0 Å². The lowest BCUT2D eigenvalue weighted by Crippen LogP contribution is -2.36. The van der Waals surface area contributed by atoms with Crippen molar-refractivity contribution >= 4 is 17.7 Å². The Morgan fingerprint density at radius 3 is 2.35 bits per heavy atom. The minimum atomic E-state index is -0.708. The average Bonchev–Trinajstić information content (AvgIpc) is 2.53. The summed E-state index contributed by atoms with van der Waals surface area (Å²) in [7, 11) is 1.26. The molecule has 5 heteroatoms. The SMILES string of the molecule is COC(=O)N(OC(=O)C1CCCCC1)c1ccccc1. The van der Waals surface area contributed by atoms with E-state index in [0.29, 0.717) is 5.69 Å². The first-order chi connectivity index (χ1) is 9.72. The Labute approximate surface area is 118 Å². The minimum absolute atomic E-state index is 0.125. The molecule has 1 amide bonds. The molecule has 20 heavy (non-hydrogen) atoms. The fraction of sp³-hybridized carbons (Fsp3) is 0.467. The summed E-state index contributed by atoms with van der Waals surface area (Å²) < 4.78 is 4.66. The lowest BCUT2D eigenvalue weighted by atomic mass is 9.89. The highest BCUT2D eigenvalue weighted by Gasteiger charge is 2.28. The largest absolute Gasteiger partial charge is 0.450 e. The summed E-state index contributed by atoms with van der Waals surface area (Å²) in [6.45, 7) is 0. The van der Waals surface area contributed by atoms with Gasteiger partial charge in [-0.05, 0) is 25.0 Å². The van der Waals surface area contributed by atoms with Gasteiger partial charge in [0.05, 0.1) is 18.7 Å². The predicted molar refractivity (Wildman–Crippen MR) is 74.0 cm³/mol. The molecule has 0 N–H and O–H groups in total. The van der Waals surface area contributed by atoms with E-state index < -0.39 is 6.09 Å². The summed E-state index contributed by atoms with van der Waals surface area (Å²) in [6.07, 6.45) is 4.15.